The first-order valence-corrected chi connectivity index (χ1v) is 10.7. The normalized spacial score (nSPS) is 11.3. The van der Waals surface area contributed by atoms with Crippen LogP contribution in [0, 0.1) is 11.3 Å². The van der Waals surface area contributed by atoms with E-state index in [0.717, 1.165) is 17.7 Å². The van der Waals surface area contributed by atoms with Crippen LogP contribution in [-0.2, 0) is 11.9 Å². The van der Waals surface area contributed by atoms with Gasteiger partial charge in [0.05, 0.1) is 27.9 Å². The van der Waals surface area contributed by atoms with E-state index in [2.05, 4.69) is 16.3 Å². The second-order valence-electron chi connectivity index (χ2n) is 6.77. The third kappa shape index (κ3) is 4.64. The molecule has 1 heterocycles. The fraction of sp³-hybridized carbons (Fsp3) is 0.0870. The van der Waals surface area contributed by atoms with E-state index in [4.69, 9.17) is 16.9 Å². The summed E-state index contributed by atoms with van der Waals surface area (Å²) in [4.78, 5) is 0. The van der Waals surface area contributed by atoms with E-state index in [0.29, 0.717) is 32.9 Å². The van der Waals surface area contributed by atoms with Gasteiger partial charge < -0.3 is 0 Å². The molecule has 0 atom stereocenters. The highest BCUT2D eigenvalue weighted by atomic mass is 35.5. The first-order valence-electron chi connectivity index (χ1n) is 9.36. The SMILES string of the molecule is N#Cc1ccc(CSc2nnc(-c3ccccc3Cl)n2-c2cccc(C(F)(F)F)c2)cc1. The molecule has 0 spiro atoms. The van der Waals surface area contributed by atoms with Crippen LogP contribution in [0.5, 0.6) is 0 Å². The van der Waals surface area contributed by atoms with Gasteiger partial charge in [-0.2, -0.15) is 18.4 Å². The molecule has 0 N–H and O–H groups in total. The fourth-order valence-electron chi connectivity index (χ4n) is 3.06. The zero-order chi connectivity index (χ0) is 22.7. The molecule has 160 valence electrons. The lowest BCUT2D eigenvalue weighted by molar-refractivity contribution is -0.137. The van der Waals surface area contributed by atoms with Crippen molar-refractivity contribution in [2.24, 2.45) is 0 Å². The van der Waals surface area contributed by atoms with Crippen LogP contribution in [0.4, 0.5) is 13.2 Å². The minimum Gasteiger partial charge on any atom is -0.270 e. The van der Waals surface area contributed by atoms with Gasteiger partial charge in [0.2, 0.25) is 0 Å². The zero-order valence-corrected chi connectivity index (χ0v) is 17.9. The molecule has 0 aliphatic rings. The van der Waals surface area contributed by atoms with Crippen molar-refractivity contribution in [1.29, 1.82) is 5.26 Å². The highest BCUT2D eigenvalue weighted by molar-refractivity contribution is 7.98. The lowest BCUT2D eigenvalue weighted by Crippen LogP contribution is -2.07. The van der Waals surface area contributed by atoms with E-state index >= 15 is 0 Å². The molecule has 9 heteroatoms. The van der Waals surface area contributed by atoms with Gasteiger partial charge in [0.15, 0.2) is 11.0 Å². The predicted octanol–water partition coefficient (Wildman–Crippen LogP) is 6.77. The lowest BCUT2D eigenvalue weighted by Gasteiger charge is -2.13. The largest absolute Gasteiger partial charge is 0.416 e. The van der Waals surface area contributed by atoms with Crippen molar-refractivity contribution in [3.8, 4) is 23.1 Å². The topological polar surface area (TPSA) is 54.5 Å². The number of alkyl halides is 3. The number of halogens is 4. The predicted molar refractivity (Wildman–Crippen MR) is 118 cm³/mol. The van der Waals surface area contributed by atoms with Crippen molar-refractivity contribution >= 4 is 23.4 Å². The van der Waals surface area contributed by atoms with E-state index in [-0.39, 0.29) is 5.69 Å². The van der Waals surface area contributed by atoms with Gasteiger partial charge in [0, 0.05) is 11.3 Å². The average molecular weight is 471 g/mol. The molecule has 0 unspecified atom stereocenters. The Balaban J connectivity index is 1.77. The van der Waals surface area contributed by atoms with Gasteiger partial charge in [0.25, 0.3) is 0 Å². The van der Waals surface area contributed by atoms with E-state index in [1.54, 1.807) is 47.0 Å². The molecule has 32 heavy (non-hydrogen) atoms. The van der Waals surface area contributed by atoms with Gasteiger partial charge in [-0.3, -0.25) is 4.57 Å². The maximum atomic E-state index is 13.3. The monoisotopic (exact) mass is 470 g/mol. The van der Waals surface area contributed by atoms with Crippen molar-refractivity contribution in [2.45, 2.75) is 17.1 Å². The van der Waals surface area contributed by atoms with Crippen LogP contribution in [0.3, 0.4) is 0 Å². The van der Waals surface area contributed by atoms with E-state index in [1.807, 2.05) is 12.1 Å². The second kappa shape index (κ2) is 9.07. The minimum atomic E-state index is -4.48. The Labute approximate surface area is 191 Å². The Bertz CT molecular complexity index is 1290. The summed E-state index contributed by atoms with van der Waals surface area (Å²) in [5.41, 5.74) is 1.56. The van der Waals surface area contributed by atoms with Gasteiger partial charge in [-0.05, 0) is 48.0 Å². The van der Waals surface area contributed by atoms with Crippen LogP contribution in [0.25, 0.3) is 17.1 Å². The highest BCUT2D eigenvalue weighted by Crippen LogP contribution is 2.35. The minimum absolute atomic E-state index is 0.280. The number of thioether (sulfide) groups is 1. The molecule has 0 bridgehead atoms. The Morgan fingerprint density at radius 2 is 1.72 bits per heavy atom. The quantitative estimate of drug-likeness (QED) is 0.302. The standard InChI is InChI=1S/C23H14ClF3N4S/c24-20-7-2-1-6-19(20)21-29-30-22(32-14-16-10-8-15(13-28)9-11-16)31(21)18-5-3-4-17(12-18)23(25,26)27/h1-12H,14H2. The molecule has 0 amide bonds. The second-order valence-corrected chi connectivity index (χ2v) is 8.12. The molecule has 1 aromatic heterocycles. The number of aromatic nitrogens is 3. The Morgan fingerprint density at radius 1 is 0.969 bits per heavy atom. The van der Waals surface area contributed by atoms with Gasteiger partial charge in [-0.25, -0.2) is 0 Å². The Kier molecular flexibility index (Phi) is 6.21. The molecule has 4 rings (SSSR count). The average Bonchev–Trinajstić information content (AvgIpc) is 3.21. The molecule has 0 aliphatic heterocycles. The number of nitriles is 1. The number of hydrogen-bond acceptors (Lipinski definition) is 4. The van der Waals surface area contributed by atoms with Crippen LogP contribution in [0.15, 0.2) is 78.0 Å². The molecule has 0 fully saturated rings. The Morgan fingerprint density at radius 3 is 2.41 bits per heavy atom. The number of nitrogens with zero attached hydrogens (tertiary/aromatic N) is 4. The van der Waals surface area contributed by atoms with Crippen LogP contribution in [0.1, 0.15) is 16.7 Å². The lowest BCUT2D eigenvalue weighted by atomic mass is 10.1. The maximum absolute atomic E-state index is 13.3. The van der Waals surface area contributed by atoms with Crippen LogP contribution >= 0.6 is 23.4 Å². The summed E-state index contributed by atoms with van der Waals surface area (Å²) in [7, 11) is 0. The summed E-state index contributed by atoms with van der Waals surface area (Å²) in [5.74, 6) is 0.836. The summed E-state index contributed by atoms with van der Waals surface area (Å²) in [6, 6.07) is 21.1. The Hall–Kier alpha value is -3.28. The van der Waals surface area contributed by atoms with Crippen molar-refractivity contribution in [3.05, 3.63) is 94.5 Å². The van der Waals surface area contributed by atoms with Crippen molar-refractivity contribution in [2.75, 3.05) is 0 Å². The van der Waals surface area contributed by atoms with Gasteiger partial charge in [-0.15, -0.1) is 10.2 Å². The van der Waals surface area contributed by atoms with E-state index in [1.165, 1.54) is 17.8 Å². The fourth-order valence-corrected chi connectivity index (χ4v) is 4.19. The van der Waals surface area contributed by atoms with Crippen LogP contribution in [-0.4, -0.2) is 14.8 Å². The molecule has 3 aromatic carbocycles. The van der Waals surface area contributed by atoms with Gasteiger partial charge in [-0.1, -0.05) is 53.7 Å². The first-order chi connectivity index (χ1) is 15.4. The van der Waals surface area contributed by atoms with E-state index < -0.39 is 11.7 Å². The van der Waals surface area contributed by atoms with Crippen LogP contribution in [0.2, 0.25) is 5.02 Å². The van der Waals surface area contributed by atoms with Crippen molar-refractivity contribution in [1.82, 2.24) is 14.8 Å². The summed E-state index contributed by atoms with van der Waals surface area (Å²) in [5, 5.41) is 18.3. The van der Waals surface area contributed by atoms with E-state index in [9.17, 15) is 13.2 Å². The van der Waals surface area contributed by atoms with Gasteiger partial charge >= 0.3 is 6.18 Å². The third-order valence-corrected chi connectivity index (χ3v) is 5.96. The third-order valence-electron chi connectivity index (χ3n) is 4.63. The summed E-state index contributed by atoms with van der Waals surface area (Å²) < 4.78 is 41.6. The number of hydrogen-bond donors (Lipinski definition) is 0. The van der Waals surface area contributed by atoms with Crippen molar-refractivity contribution in [3.63, 3.8) is 0 Å². The molecule has 0 aliphatic carbocycles. The first kappa shape index (κ1) is 21.9. The molecular formula is C23H14ClF3N4S. The van der Waals surface area contributed by atoms with Crippen LogP contribution < -0.4 is 0 Å². The van der Waals surface area contributed by atoms with Crippen molar-refractivity contribution < 1.29 is 13.2 Å². The summed E-state index contributed by atoms with van der Waals surface area (Å²) in [6.07, 6.45) is -4.48. The number of benzene rings is 3. The maximum Gasteiger partial charge on any atom is 0.416 e. The summed E-state index contributed by atoms with van der Waals surface area (Å²) in [6.45, 7) is 0. The zero-order valence-electron chi connectivity index (χ0n) is 16.3. The number of rotatable bonds is 5. The molecule has 4 aromatic rings. The molecular weight excluding hydrogens is 457 g/mol. The molecule has 0 saturated carbocycles. The molecule has 0 saturated heterocycles. The highest BCUT2D eigenvalue weighted by Gasteiger charge is 2.31. The molecule has 4 nitrogen and oxygen atoms in total. The molecule has 0 radical (unpaired) electrons. The smallest absolute Gasteiger partial charge is 0.270 e. The van der Waals surface area contributed by atoms with Gasteiger partial charge in [0.1, 0.15) is 0 Å². The summed E-state index contributed by atoms with van der Waals surface area (Å²) >= 11 is 7.66.